The van der Waals surface area contributed by atoms with Crippen LogP contribution in [0.2, 0.25) is 0 Å². The molecule has 2 aromatic carbocycles. The monoisotopic (exact) mass is 532 g/mol. The summed E-state index contributed by atoms with van der Waals surface area (Å²) in [5, 5.41) is 13.5. The van der Waals surface area contributed by atoms with Gasteiger partial charge in [0.1, 0.15) is 11.5 Å². The number of benzene rings is 2. The standard InChI is InChI=1S/C27H24N4O4S2/c1-17-15-24(31-35-17)30-25(32)18(2)37-21-12-10-20(11-13-21)28-27(34)23(16-22-9-6-14-36-22)29-26(33)19-7-4-3-5-8-19/h3-16,18H,1-2H3,(H,28,34)(H,29,33)(H,30,31,32)/b23-16-/t18-/m0/s1. The Morgan fingerprint density at radius 3 is 2.41 bits per heavy atom. The van der Waals surface area contributed by atoms with Gasteiger partial charge in [0.05, 0.1) is 5.25 Å². The summed E-state index contributed by atoms with van der Waals surface area (Å²) >= 11 is 2.83. The Morgan fingerprint density at radius 1 is 1.00 bits per heavy atom. The van der Waals surface area contributed by atoms with Crippen molar-refractivity contribution in [2.24, 2.45) is 0 Å². The van der Waals surface area contributed by atoms with Gasteiger partial charge in [0.15, 0.2) is 5.82 Å². The normalized spacial score (nSPS) is 12.0. The first-order valence-corrected chi connectivity index (χ1v) is 13.1. The maximum absolute atomic E-state index is 13.1. The van der Waals surface area contributed by atoms with Gasteiger partial charge in [-0.1, -0.05) is 29.4 Å². The molecule has 0 fully saturated rings. The van der Waals surface area contributed by atoms with Crippen molar-refractivity contribution < 1.29 is 18.9 Å². The van der Waals surface area contributed by atoms with Crippen molar-refractivity contribution in [3.05, 3.63) is 100 Å². The van der Waals surface area contributed by atoms with Gasteiger partial charge in [-0.25, -0.2) is 0 Å². The molecule has 37 heavy (non-hydrogen) atoms. The fourth-order valence-corrected chi connectivity index (χ4v) is 4.71. The fourth-order valence-electron chi connectivity index (χ4n) is 3.18. The highest BCUT2D eigenvalue weighted by atomic mass is 32.2. The number of nitrogens with zero attached hydrogens (tertiary/aromatic N) is 1. The molecule has 0 radical (unpaired) electrons. The Labute approximate surface area is 222 Å². The second kappa shape index (κ2) is 12.2. The molecule has 0 spiro atoms. The van der Waals surface area contributed by atoms with Crippen LogP contribution in [0.1, 0.15) is 27.9 Å². The summed E-state index contributed by atoms with van der Waals surface area (Å²) in [7, 11) is 0. The Balaban J connectivity index is 1.39. The Hall–Kier alpha value is -4.15. The number of anilines is 2. The zero-order valence-corrected chi connectivity index (χ0v) is 21.7. The molecule has 0 saturated heterocycles. The number of amides is 3. The summed E-state index contributed by atoms with van der Waals surface area (Å²) in [4.78, 5) is 39.9. The van der Waals surface area contributed by atoms with Gasteiger partial charge in [-0.05, 0) is 67.8 Å². The van der Waals surface area contributed by atoms with Gasteiger partial charge in [0.2, 0.25) is 5.91 Å². The Kier molecular flexibility index (Phi) is 8.55. The van der Waals surface area contributed by atoms with Gasteiger partial charge in [0, 0.05) is 27.1 Å². The minimum absolute atomic E-state index is 0.128. The molecule has 0 bridgehead atoms. The predicted octanol–water partition coefficient (Wildman–Crippen LogP) is 5.57. The minimum Gasteiger partial charge on any atom is -0.360 e. The van der Waals surface area contributed by atoms with Crippen molar-refractivity contribution in [2.75, 3.05) is 10.6 Å². The van der Waals surface area contributed by atoms with Gasteiger partial charge in [-0.15, -0.1) is 23.1 Å². The SMILES string of the molecule is Cc1cc(NC(=O)[C@H](C)Sc2ccc(NC(=O)/C(=C/c3cccs3)NC(=O)c3ccccc3)cc2)no1. The third-order valence-corrected chi connectivity index (χ3v) is 6.96. The van der Waals surface area contributed by atoms with Crippen molar-refractivity contribution in [1.82, 2.24) is 10.5 Å². The lowest BCUT2D eigenvalue weighted by atomic mass is 10.2. The number of aromatic nitrogens is 1. The molecular formula is C27H24N4O4S2. The second-order valence-corrected chi connectivity index (χ2v) is 10.3. The highest BCUT2D eigenvalue weighted by molar-refractivity contribution is 8.00. The molecule has 0 saturated carbocycles. The van der Waals surface area contributed by atoms with E-state index in [1.807, 2.05) is 35.7 Å². The van der Waals surface area contributed by atoms with E-state index in [-0.39, 0.29) is 22.8 Å². The average molecular weight is 533 g/mol. The smallest absolute Gasteiger partial charge is 0.272 e. The number of carbonyl (C=O) groups is 3. The number of hydrogen-bond acceptors (Lipinski definition) is 7. The molecule has 0 aliphatic carbocycles. The average Bonchev–Trinajstić information content (AvgIpc) is 3.56. The Bertz CT molecular complexity index is 1400. The number of rotatable bonds is 9. The van der Waals surface area contributed by atoms with Crippen molar-refractivity contribution in [2.45, 2.75) is 24.0 Å². The molecule has 8 nitrogen and oxygen atoms in total. The van der Waals surface area contributed by atoms with E-state index >= 15 is 0 Å². The molecule has 2 heterocycles. The summed E-state index contributed by atoms with van der Waals surface area (Å²) in [5.74, 6) is -0.0414. The zero-order chi connectivity index (χ0) is 26.2. The van der Waals surface area contributed by atoms with Gasteiger partial charge in [-0.3, -0.25) is 14.4 Å². The number of nitrogens with one attached hydrogen (secondary N) is 3. The van der Waals surface area contributed by atoms with Crippen LogP contribution in [0, 0.1) is 6.92 Å². The zero-order valence-electron chi connectivity index (χ0n) is 20.1. The molecule has 0 unspecified atom stereocenters. The molecule has 3 amide bonds. The van der Waals surface area contributed by atoms with Crippen LogP contribution in [0.15, 0.2) is 93.3 Å². The quantitative estimate of drug-likeness (QED) is 0.192. The summed E-state index contributed by atoms with van der Waals surface area (Å²) in [6.45, 7) is 3.54. The van der Waals surface area contributed by atoms with Crippen molar-refractivity contribution in [3.63, 3.8) is 0 Å². The van der Waals surface area contributed by atoms with E-state index in [1.54, 1.807) is 62.4 Å². The predicted molar refractivity (Wildman–Crippen MR) is 146 cm³/mol. The van der Waals surface area contributed by atoms with Crippen LogP contribution < -0.4 is 16.0 Å². The summed E-state index contributed by atoms with van der Waals surface area (Å²) < 4.78 is 4.97. The van der Waals surface area contributed by atoms with Crippen LogP contribution in [0.25, 0.3) is 6.08 Å². The molecule has 3 N–H and O–H groups in total. The van der Waals surface area contributed by atoms with Crippen LogP contribution in [-0.4, -0.2) is 28.1 Å². The largest absolute Gasteiger partial charge is 0.360 e. The van der Waals surface area contributed by atoms with E-state index in [0.29, 0.717) is 22.8 Å². The van der Waals surface area contributed by atoms with Gasteiger partial charge in [0.25, 0.3) is 11.8 Å². The van der Waals surface area contributed by atoms with E-state index in [2.05, 4.69) is 21.1 Å². The van der Waals surface area contributed by atoms with Crippen LogP contribution in [0.4, 0.5) is 11.5 Å². The third kappa shape index (κ3) is 7.42. The van der Waals surface area contributed by atoms with Gasteiger partial charge in [-0.2, -0.15) is 0 Å². The highest BCUT2D eigenvalue weighted by Crippen LogP contribution is 2.26. The van der Waals surface area contributed by atoms with Crippen molar-refractivity contribution in [3.8, 4) is 0 Å². The lowest BCUT2D eigenvalue weighted by Crippen LogP contribution is -2.30. The van der Waals surface area contributed by atoms with Crippen LogP contribution in [0.5, 0.6) is 0 Å². The summed E-state index contributed by atoms with van der Waals surface area (Å²) in [6.07, 6.45) is 1.64. The molecule has 2 aromatic heterocycles. The van der Waals surface area contributed by atoms with Gasteiger partial charge >= 0.3 is 0 Å². The number of carbonyl (C=O) groups excluding carboxylic acids is 3. The molecule has 188 valence electrons. The van der Waals surface area contributed by atoms with Crippen molar-refractivity contribution >= 4 is 58.4 Å². The number of aryl methyl sites for hydroxylation is 1. The van der Waals surface area contributed by atoms with E-state index in [9.17, 15) is 14.4 Å². The van der Waals surface area contributed by atoms with Gasteiger partial charge < -0.3 is 20.5 Å². The van der Waals surface area contributed by atoms with E-state index in [0.717, 1.165) is 9.77 Å². The number of thiophene rings is 1. The van der Waals surface area contributed by atoms with Crippen LogP contribution in [0.3, 0.4) is 0 Å². The first kappa shape index (κ1) is 25.9. The maximum Gasteiger partial charge on any atom is 0.272 e. The van der Waals surface area contributed by atoms with E-state index in [4.69, 9.17) is 4.52 Å². The molecule has 1 atom stereocenters. The third-order valence-electron chi connectivity index (χ3n) is 5.03. The summed E-state index contributed by atoms with van der Waals surface area (Å²) in [5.41, 5.74) is 1.13. The molecule has 0 aliphatic heterocycles. The highest BCUT2D eigenvalue weighted by Gasteiger charge is 2.17. The first-order valence-electron chi connectivity index (χ1n) is 11.3. The number of hydrogen-bond donors (Lipinski definition) is 3. The second-order valence-electron chi connectivity index (χ2n) is 7.94. The molecule has 0 aliphatic rings. The lowest BCUT2D eigenvalue weighted by Gasteiger charge is -2.13. The molecule has 4 aromatic rings. The molecule has 10 heteroatoms. The first-order chi connectivity index (χ1) is 17.9. The van der Waals surface area contributed by atoms with Crippen LogP contribution in [-0.2, 0) is 9.59 Å². The molecule has 4 rings (SSSR count). The molecular weight excluding hydrogens is 508 g/mol. The summed E-state index contributed by atoms with van der Waals surface area (Å²) in [6, 6.07) is 21.2. The van der Waals surface area contributed by atoms with Crippen LogP contribution >= 0.6 is 23.1 Å². The number of thioether (sulfide) groups is 1. The van der Waals surface area contributed by atoms with Crippen molar-refractivity contribution in [1.29, 1.82) is 0 Å². The topological polar surface area (TPSA) is 113 Å². The van der Waals surface area contributed by atoms with E-state index < -0.39 is 5.91 Å². The minimum atomic E-state index is -0.450. The lowest BCUT2D eigenvalue weighted by molar-refractivity contribution is -0.115. The maximum atomic E-state index is 13.1. The van der Waals surface area contributed by atoms with E-state index in [1.165, 1.54) is 23.1 Å². The fraction of sp³-hybridized carbons (Fsp3) is 0.111. The Morgan fingerprint density at radius 2 is 1.76 bits per heavy atom.